The van der Waals surface area contributed by atoms with Crippen molar-refractivity contribution in [3.8, 4) is 0 Å². The Morgan fingerprint density at radius 3 is 2.62 bits per heavy atom. The van der Waals surface area contributed by atoms with Crippen molar-refractivity contribution in [1.82, 2.24) is 4.90 Å². The van der Waals surface area contributed by atoms with Crippen LogP contribution in [0.3, 0.4) is 0 Å². The molecule has 3 nitrogen and oxygen atoms in total. The van der Waals surface area contributed by atoms with Gasteiger partial charge in [0.15, 0.2) is 0 Å². The maximum atomic E-state index is 12.8. The number of carbonyl (C=O) groups is 1. The van der Waals surface area contributed by atoms with Crippen molar-refractivity contribution in [2.24, 2.45) is 5.92 Å². The van der Waals surface area contributed by atoms with Crippen LogP contribution in [0.15, 0.2) is 39.7 Å². The van der Waals surface area contributed by atoms with Crippen molar-refractivity contribution in [3.05, 3.63) is 45.3 Å². The van der Waals surface area contributed by atoms with Crippen LogP contribution in [-0.2, 0) is 9.53 Å². The number of benzene rings is 1. The Balaban J connectivity index is 1.79. The Kier molecular flexibility index (Phi) is 4.72. The standard InChI is InChI=1S/C16H18BrNO2S/c1-11-13(16(19)18-7-9-20-10-8-18)15(17)21-14(11)12-5-3-2-4-6-12/h2-6,11,14H,7-10H2,1H3. The van der Waals surface area contributed by atoms with Gasteiger partial charge in [-0.1, -0.05) is 37.3 Å². The molecule has 1 saturated heterocycles. The molecule has 1 aromatic rings. The molecule has 1 fully saturated rings. The highest BCUT2D eigenvalue weighted by molar-refractivity contribution is 9.14. The molecule has 0 radical (unpaired) electrons. The van der Waals surface area contributed by atoms with E-state index >= 15 is 0 Å². The Morgan fingerprint density at radius 2 is 1.95 bits per heavy atom. The van der Waals surface area contributed by atoms with Crippen molar-refractivity contribution in [1.29, 1.82) is 0 Å². The molecule has 112 valence electrons. The molecule has 3 rings (SSSR count). The summed E-state index contributed by atoms with van der Waals surface area (Å²) < 4.78 is 6.32. The van der Waals surface area contributed by atoms with Crippen molar-refractivity contribution in [2.75, 3.05) is 26.3 Å². The Bertz CT molecular complexity index is 555. The summed E-state index contributed by atoms with van der Waals surface area (Å²) in [5, 5.41) is 0.306. The average molecular weight is 368 g/mol. The average Bonchev–Trinajstić information content (AvgIpc) is 2.83. The molecule has 0 N–H and O–H groups in total. The fourth-order valence-electron chi connectivity index (χ4n) is 2.82. The summed E-state index contributed by atoms with van der Waals surface area (Å²) in [6.07, 6.45) is 0. The van der Waals surface area contributed by atoms with Gasteiger partial charge in [0.05, 0.1) is 17.0 Å². The second kappa shape index (κ2) is 6.55. The van der Waals surface area contributed by atoms with Crippen molar-refractivity contribution >= 4 is 33.6 Å². The molecular weight excluding hydrogens is 350 g/mol. The zero-order valence-electron chi connectivity index (χ0n) is 11.9. The first-order valence-electron chi connectivity index (χ1n) is 7.17. The number of hydrogen-bond acceptors (Lipinski definition) is 3. The molecule has 0 saturated carbocycles. The summed E-state index contributed by atoms with van der Waals surface area (Å²) in [4.78, 5) is 14.7. The molecule has 0 spiro atoms. The third kappa shape index (κ3) is 3.05. The van der Waals surface area contributed by atoms with E-state index in [-0.39, 0.29) is 11.8 Å². The van der Waals surface area contributed by atoms with E-state index in [1.807, 2.05) is 11.0 Å². The third-order valence-corrected chi connectivity index (χ3v) is 6.36. The lowest BCUT2D eigenvalue weighted by Gasteiger charge is -2.29. The van der Waals surface area contributed by atoms with Crippen LogP contribution in [0.25, 0.3) is 0 Å². The fourth-order valence-corrected chi connectivity index (χ4v) is 5.21. The van der Waals surface area contributed by atoms with E-state index in [1.165, 1.54) is 5.56 Å². The number of thioether (sulfide) groups is 1. The molecule has 21 heavy (non-hydrogen) atoms. The van der Waals surface area contributed by atoms with Crippen LogP contribution in [0.2, 0.25) is 0 Å². The summed E-state index contributed by atoms with van der Waals surface area (Å²) in [7, 11) is 0. The number of rotatable bonds is 2. The van der Waals surface area contributed by atoms with Gasteiger partial charge in [0.2, 0.25) is 0 Å². The van der Waals surface area contributed by atoms with E-state index in [1.54, 1.807) is 11.8 Å². The molecule has 2 atom stereocenters. The number of morpholine rings is 1. The van der Waals surface area contributed by atoms with Crippen LogP contribution in [0.1, 0.15) is 17.7 Å². The number of ether oxygens (including phenoxy) is 1. The predicted molar refractivity (Wildman–Crippen MR) is 89.3 cm³/mol. The Morgan fingerprint density at radius 1 is 1.29 bits per heavy atom. The van der Waals surface area contributed by atoms with Crippen molar-refractivity contribution in [2.45, 2.75) is 12.2 Å². The quantitative estimate of drug-likeness (QED) is 0.799. The lowest BCUT2D eigenvalue weighted by molar-refractivity contribution is -0.131. The van der Waals surface area contributed by atoms with E-state index < -0.39 is 0 Å². The fraction of sp³-hybridized carbons (Fsp3) is 0.438. The SMILES string of the molecule is CC1C(C(=O)N2CCOCC2)=C(Br)SC1c1ccccc1. The first-order chi connectivity index (χ1) is 10.2. The van der Waals surface area contributed by atoms with Crippen molar-refractivity contribution < 1.29 is 9.53 Å². The molecule has 2 unspecified atom stereocenters. The van der Waals surface area contributed by atoms with Gasteiger partial charge >= 0.3 is 0 Å². The van der Waals surface area contributed by atoms with Gasteiger partial charge in [-0.05, 0) is 21.5 Å². The van der Waals surface area contributed by atoms with Crippen molar-refractivity contribution in [3.63, 3.8) is 0 Å². The molecule has 0 aliphatic carbocycles. The van der Waals surface area contributed by atoms with Crippen LogP contribution >= 0.6 is 27.7 Å². The van der Waals surface area contributed by atoms with Gasteiger partial charge in [-0.25, -0.2) is 0 Å². The smallest absolute Gasteiger partial charge is 0.251 e. The lowest BCUT2D eigenvalue weighted by Crippen LogP contribution is -2.42. The minimum Gasteiger partial charge on any atom is -0.378 e. The van der Waals surface area contributed by atoms with E-state index in [0.717, 1.165) is 9.39 Å². The van der Waals surface area contributed by atoms with Gasteiger partial charge in [0, 0.05) is 29.8 Å². The van der Waals surface area contributed by atoms with Gasteiger partial charge in [-0.2, -0.15) is 0 Å². The second-order valence-electron chi connectivity index (χ2n) is 5.33. The third-order valence-electron chi connectivity index (χ3n) is 4.01. The monoisotopic (exact) mass is 367 g/mol. The molecule has 2 heterocycles. The number of amides is 1. The van der Waals surface area contributed by atoms with E-state index in [2.05, 4.69) is 47.1 Å². The summed E-state index contributed by atoms with van der Waals surface area (Å²) in [6, 6.07) is 10.4. The first kappa shape index (κ1) is 15.1. The predicted octanol–water partition coefficient (Wildman–Crippen LogP) is 3.58. The molecule has 1 amide bonds. The zero-order valence-corrected chi connectivity index (χ0v) is 14.3. The summed E-state index contributed by atoms with van der Waals surface area (Å²) in [6.45, 7) is 4.80. The molecule has 0 bridgehead atoms. The molecule has 2 aliphatic heterocycles. The number of halogens is 1. The van der Waals surface area contributed by atoms with Crippen LogP contribution < -0.4 is 0 Å². The van der Waals surface area contributed by atoms with Gasteiger partial charge < -0.3 is 9.64 Å². The maximum Gasteiger partial charge on any atom is 0.251 e. The summed E-state index contributed by atoms with van der Waals surface area (Å²) in [5.74, 6) is 0.366. The molecule has 5 heteroatoms. The molecule has 0 aromatic heterocycles. The zero-order chi connectivity index (χ0) is 14.8. The highest BCUT2D eigenvalue weighted by atomic mass is 79.9. The lowest BCUT2D eigenvalue weighted by atomic mass is 9.93. The topological polar surface area (TPSA) is 29.5 Å². The number of nitrogens with zero attached hydrogens (tertiary/aromatic N) is 1. The van der Waals surface area contributed by atoms with E-state index in [9.17, 15) is 4.79 Å². The molecule has 2 aliphatic rings. The number of hydrogen-bond donors (Lipinski definition) is 0. The van der Waals surface area contributed by atoms with Crippen LogP contribution in [0.4, 0.5) is 0 Å². The van der Waals surface area contributed by atoms with Gasteiger partial charge in [0.1, 0.15) is 0 Å². The van der Waals surface area contributed by atoms with E-state index in [0.29, 0.717) is 31.6 Å². The highest BCUT2D eigenvalue weighted by Crippen LogP contribution is 2.53. The summed E-state index contributed by atoms with van der Waals surface area (Å²) >= 11 is 5.36. The minimum absolute atomic E-state index is 0.156. The van der Waals surface area contributed by atoms with Crippen LogP contribution in [0.5, 0.6) is 0 Å². The number of carbonyl (C=O) groups excluding carboxylic acids is 1. The Labute approximate surface area is 137 Å². The minimum atomic E-state index is 0.156. The second-order valence-corrected chi connectivity index (χ2v) is 7.80. The molecular formula is C16H18BrNO2S. The van der Waals surface area contributed by atoms with Gasteiger partial charge in [-0.15, -0.1) is 11.8 Å². The first-order valence-corrected chi connectivity index (χ1v) is 8.84. The van der Waals surface area contributed by atoms with Crippen LogP contribution in [0, 0.1) is 5.92 Å². The summed E-state index contributed by atoms with van der Waals surface area (Å²) in [5.41, 5.74) is 2.19. The normalized spacial score (nSPS) is 26.3. The largest absolute Gasteiger partial charge is 0.378 e. The Hall–Kier alpha value is -0.780. The highest BCUT2D eigenvalue weighted by Gasteiger charge is 2.38. The molecule has 1 aromatic carbocycles. The van der Waals surface area contributed by atoms with E-state index in [4.69, 9.17) is 4.74 Å². The van der Waals surface area contributed by atoms with Crippen LogP contribution in [-0.4, -0.2) is 37.1 Å². The van der Waals surface area contributed by atoms with Gasteiger partial charge in [-0.3, -0.25) is 4.79 Å². The van der Waals surface area contributed by atoms with Gasteiger partial charge in [0.25, 0.3) is 5.91 Å². The maximum absolute atomic E-state index is 12.8.